The van der Waals surface area contributed by atoms with E-state index in [0.29, 0.717) is 18.3 Å². The standard InChI is InChI=1S/C18H22FN5O/c1-12(20-9-13-10-21-24(11-13)18(2,3)4)17-22-16(23-25-17)14-5-7-15(19)8-6-14/h5-8,10-12,20H,9H2,1-4H3. The minimum absolute atomic E-state index is 0.0413. The first-order chi connectivity index (χ1) is 11.8. The minimum Gasteiger partial charge on any atom is -0.337 e. The van der Waals surface area contributed by atoms with E-state index < -0.39 is 0 Å². The molecule has 0 saturated carbocycles. The van der Waals surface area contributed by atoms with Gasteiger partial charge in [-0.25, -0.2) is 4.39 Å². The molecule has 0 amide bonds. The molecule has 2 heterocycles. The van der Waals surface area contributed by atoms with Crippen LogP contribution >= 0.6 is 0 Å². The second-order valence-corrected chi connectivity index (χ2v) is 7.03. The molecule has 0 fully saturated rings. The molecule has 0 spiro atoms. The fourth-order valence-electron chi connectivity index (χ4n) is 2.30. The van der Waals surface area contributed by atoms with Gasteiger partial charge in [-0.05, 0) is 52.0 Å². The van der Waals surface area contributed by atoms with E-state index in [1.165, 1.54) is 12.1 Å². The predicted octanol–water partition coefficient (Wildman–Crippen LogP) is 3.68. The third kappa shape index (κ3) is 4.11. The number of nitrogens with zero attached hydrogens (tertiary/aromatic N) is 4. The molecule has 0 aliphatic carbocycles. The molecule has 1 aromatic carbocycles. The maximum Gasteiger partial charge on any atom is 0.243 e. The summed E-state index contributed by atoms with van der Waals surface area (Å²) in [6.07, 6.45) is 3.88. The second-order valence-electron chi connectivity index (χ2n) is 7.03. The van der Waals surface area contributed by atoms with Crippen LogP contribution in [-0.4, -0.2) is 19.9 Å². The topological polar surface area (TPSA) is 68.8 Å². The number of halogens is 1. The maximum absolute atomic E-state index is 13.0. The van der Waals surface area contributed by atoms with Crippen LogP contribution in [0.3, 0.4) is 0 Å². The van der Waals surface area contributed by atoms with Crippen LogP contribution < -0.4 is 5.32 Å². The van der Waals surface area contributed by atoms with Crippen LogP contribution in [0.4, 0.5) is 4.39 Å². The van der Waals surface area contributed by atoms with E-state index in [0.717, 1.165) is 11.1 Å². The van der Waals surface area contributed by atoms with Crippen molar-refractivity contribution >= 4 is 0 Å². The molecular formula is C18H22FN5O. The Balaban J connectivity index is 1.63. The van der Waals surface area contributed by atoms with Crippen molar-refractivity contribution in [1.82, 2.24) is 25.2 Å². The number of aromatic nitrogens is 4. The number of hydrogen-bond donors (Lipinski definition) is 1. The fraction of sp³-hybridized carbons (Fsp3) is 0.389. The first-order valence-electron chi connectivity index (χ1n) is 8.20. The Morgan fingerprint density at radius 1 is 1.24 bits per heavy atom. The van der Waals surface area contributed by atoms with Crippen LogP contribution in [0.15, 0.2) is 41.2 Å². The van der Waals surface area contributed by atoms with Crippen LogP contribution in [-0.2, 0) is 12.1 Å². The van der Waals surface area contributed by atoms with Crippen molar-refractivity contribution in [1.29, 1.82) is 0 Å². The molecule has 1 N–H and O–H groups in total. The van der Waals surface area contributed by atoms with E-state index in [-0.39, 0.29) is 17.4 Å². The molecule has 25 heavy (non-hydrogen) atoms. The molecule has 1 atom stereocenters. The number of hydrogen-bond acceptors (Lipinski definition) is 5. The van der Waals surface area contributed by atoms with E-state index in [9.17, 15) is 4.39 Å². The average Bonchev–Trinajstić information content (AvgIpc) is 3.22. The summed E-state index contributed by atoms with van der Waals surface area (Å²) in [5, 5.41) is 11.7. The molecule has 132 valence electrons. The highest BCUT2D eigenvalue weighted by Gasteiger charge is 2.17. The summed E-state index contributed by atoms with van der Waals surface area (Å²) < 4.78 is 20.3. The lowest BCUT2D eigenvalue weighted by Crippen LogP contribution is -2.22. The largest absolute Gasteiger partial charge is 0.337 e. The molecule has 7 heteroatoms. The normalized spacial score (nSPS) is 13.2. The van der Waals surface area contributed by atoms with E-state index in [4.69, 9.17) is 4.52 Å². The summed E-state index contributed by atoms with van der Waals surface area (Å²) in [7, 11) is 0. The number of rotatable bonds is 5. The van der Waals surface area contributed by atoms with Gasteiger partial charge in [0.25, 0.3) is 0 Å². The Kier molecular flexibility index (Phi) is 4.67. The van der Waals surface area contributed by atoms with E-state index >= 15 is 0 Å². The van der Waals surface area contributed by atoms with Gasteiger partial charge in [0, 0.05) is 23.9 Å². The summed E-state index contributed by atoms with van der Waals surface area (Å²) >= 11 is 0. The zero-order chi connectivity index (χ0) is 18.0. The van der Waals surface area contributed by atoms with E-state index in [1.54, 1.807) is 12.1 Å². The SMILES string of the molecule is CC(NCc1cnn(C(C)(C)C)c1)c1nc(-c2ccc(F)cc2)no1. The Bertz CT molecular complexity index is 832. The van der Waals surface area contributed by atoms with Crippen LogP contribution in [0, 0.1) is 5.82 Å². The Labute approximate surface area is 146 Å². The van der Waals surface area contributed by atoms with E-state index in [2.05, 4.69) is 41.3 Å². The van der Waals surface area contributed by atoms with Gasteiger partial charge in [-0.15, -0.1) is 0 Å². The maximum atomic E-state index is 13.0. The zero-order valence-electron chi connectivity index (χ0n) is 14.8. The number of nitrogens with one attached hydrogen (secondary N) is 1. The first kappa shape index (κ1) is 17.3. The Hall–Kier alpha value is -2.54. The third-order valence-corrected chi connectivity index (χ3v) is 3.85. The van der Waals surface area contributed by atoms with Crippen molar-refractivity contribution in [2.75, 3.05) is 0 Å². The highest BCUT2D eigenvalue weighted by molar-refractivity contribution is 5.53. The third-order valence-electron chi connectivity index (χ3n) is 3.85. The lowest BCUT2D eigenvalue weighted by molar-refractivity contribution is 0.338. The van der Waals surface area contributed by atoms with Gasteiger partial charge in [-0.2, -0.15) is 10.1 Å². The van der Waals surface area contributed by atoms with Crippen LogP contribution in [0.5, 0.6) is 0 Å². The van der Waals surface area contributed by atoms with Gasteiger partial charge in [-0.1, -0.05) is 5.16 Å². The zero-order valence-corrected chi connectivity index (χ0v) is 14.8. The van der Waals surface area contributed by atoms with Gasteiger partial charge in [0.2, 0.25) is 11.7 Å². The molecule has 0 bridgehead atoms. The minimum atomic E-state index is -0.293. The molecule has 0 saturated heterocycles. The highest BCUT2D eigenvalue weighted by Crippen LogP contribution is 2.19. The molecule has 0 aliphatic heterocycles. The van der Waals surface area contributed by atoms with E-state index in [1.807, 2.05) is 24.0 Å². The summed E-state index contributed by atoms with van der Waals surface area (Å²) in [6, 6.07) is 5.89. The molecule has 2 aromatic heterocycles. The van der Waals surface area contributed by atoms with Gasteiger partial charge in [0.1, 0.15) is 5.82 Å². The summed E-state index contributed by atoms with van der Waals surface area (Å²) in [4.78, 5) is 4.38. The van der Waals surface area contributed by atoms with Crippen molar-refractivity contribution < 1.29 is 8.91 Å². The van der Waals surface area contributed by atoms with Crippen LogP contribution in [0.2, 0.25) is 0 Å². The van der Waals surface area contributed by atoms with Crippen molar-refractivity contribution in [2.24, 2.45) is 0 Å². The molecule has 3 rings (SSSR count). The Morgan fingerprint density at radius 2 is 1.96 bits per heavy atom. The van der Waals surface area contributed by atoms with Gasteiger partial charge in [0.15, 0.2) is 0 Å². The molecule has 0 aliphatic rings. The smallest absolute Gasteiger partial charge is 0.243 e. The van der Waals surface area contributed by atoms with Gasteiger partial charge < -0.3 is 9.84 Å². The molecule has 0 radical (unpaired) electrons. The first-order valence-corrected chi connectivity index (χ1v) is 8.20. The second kappa shape index (κ2) is 6.76. The van der Waals surface area contributed by atoms with Crippen molar-refractivity contribution in [2.45, 2.75) is 45.8 Å². The predicted molar refractivity (Wildman–Crippen MR) is 92.2 cm³/mol. The fourth-order valence-corrected chi connectivity index (χ4v) is 2.30. The van der Waals surface area contributed by atoms with Gasteiger partial charge in [-0.3, -0.25) is 4.68 Å². The van der Waals surface area contributed by atoms with Crippen molar-refractivity contribution in [3.63, 3.8) is 0 Å². The lowest BCUT2D eigenvalue weighted by atomic mass is 10.1. The summed E-state index contributed by atoms with van der Waals surface area (Å²) in [5.41, 5.74) is 1.76. The highest BCUT2D eigenvalue weighted by atomic mass is 19.1. The van der Waals surface area contributed by atoms with Crippen molar-refractivity contribution in [3.05, 3.63) is 53.9 Å². The van der Waals surface area contributed by atoms with Crippen LogP contribution in [0.1, 0.15) is 45.2 Å². The summed E-state index contributed by atoms with van der Waals surface area (Å²) in [6.45, 7) is 8.92. The average molecular weight is 343 g/mol. The molecule has 1 unspecified atom stereocenters. The molecular weight excluding hydrogens is 321 g/mol. The monoisotopic (exact) mass is 343 g/mol. The molecule has 3 aromatic rings. The summed E-state index contributed by atoms with van der Waals surface area (Å²) in [5.74, 6) is 0.644. The quantitative estimate of drug-likeness (QED) is 0.765. The molecule has 6 nitrogen and oxygen atoms in total. The lowest BCUT2D eigenvalue weighted by Gasteiger charge is -2.18. The van der Waals surface area contributed by atoms with Gasteiger partial charge in [0.05, 0.1) is 17.8 Å². The van der Waals surface area contributed by atoms with Gasteiger partial charge >= 0.3 is 0 Å². The van der Waals surface area contributed by atoms with Crippen LogP contribution in [0.25, 0.3) is 11.4 Å². The Morgan fingerprint density at radius 3 is 2.60 bits per heavy atom. The van der Waals surface area contributed by atoms with Crippen molar-refractivity contribution in [3.8, 4) is 11.4 Å². The number of benzene rings is 1.